The second-order valence-electron chi connectivity index (χ2n) is 7.77. The third kappa shape index (κ3) is 5.50. The predicted octanol–water partition coefficient (Wildman–Crippen LogP) is 4.13. The Morgan fingerprint density at radius 3 is 2.96 bits per heavy atom. The van der Waals surface area contributed by atoms with E-state index in [-0.39, 0.29) is 18.2 Å². The second-order valence-corrected chi connectivity index (χ2v) is 7.77. The molecule has 1 aromatic carbocycles. The first-order valence-corrected chi connectivity index (χ1v) is 10.3. The van der Waals surface area contributed by atoms with E-state index >= 15 is 0 Å². The fourth-order valence-corrected chi connectivity index (χ4v) is 3.78. The van der Waals surface area contributed by atoms with Crippen molar-refractivity contribution < 1.29 is 9.53 Å². The SMILES string of the molecule is Cc1nccn1CC[C@H]1CCCCN1C(=O)NCc1cccc(OC(C)C)c1. The van der Waals surface area contributed by atoms with E-state index in [1.807, 2.05) is 62.3 Å². The first-order chi connectivity index (χ1) is 13.5. The summed E-state index contributed by atoms with van der Waals surface area (Å²) in [5, 5.41) is 3.10. The van der Waals surface area contributed by atoms with E-state index in [4.69, 9.17) is 4.74 Å². The van der Waals surface area contributed by atoms with Gasteiger partial charge in [-0.25, -0.2) is 9.78 Å². The number of hydrogen-bond donors (Lipinski definition) is 1. The number of aryl methyl sites for hydroxylation is 2. The minimum Gasteiger partial charge on any atom is -0.491 e. The number of ether oxygens (including phenoxy) is 1. The molecule has 1 fully saturated rings. The molecular formula is C22H32N4O2. The maximum absolute atomic E-state index is 12.8. The van der Waals surface area contributed by atoms with Gasteiger partial charge in [0.1, 0.15) is 11.6 Å². The predicted molar refractivity (Wildman–Crippen MR) is 110 cm³/mol. The molecule has 1 atom stereocenters. The number of benzene rings is 1. The molecule has 0 bridgehead atoms. The molecule has 0 spiro atoms. The van der Waals surface area contributed by atoms with Gasteiger partial charge in [-0.1, -0.05) is 12.1 Å². The summed E-state index contributed by atoms with van der Waals surface area (Å²) in [5.41, 5.74) is 1.05. The lowest BCUT2D eigenvalue weighted by atomic mass is 9.99. The molecule has 1 aliphatic heterocycles. The van der Waals surface area contributed by atoms with Crippen LogP contribution < -0.4 is 10.1 Å². The third-order valence-corrected chi connectivity index (χ3v) is 5.23. The molecule has 2 heterocycles. The number of rotatable bonds is 7. The molecule has 1 aromatic heterocycles. The summed E-state index contributed by atoms with van der Waals surface area (Å²) in [6.45, 7) is 8.28. The van der Waals surface area contributed by atoms with Crippen LogP contribution in [0.15, 0.2) is 36.7 Å². The van der Waals surface area contributed by atoms with Crippen molar-refractivity contribution in [2.24, 2.45) is 0 Å². The smallest absolute Gasteiger partial charge is 0.317 e. The number of likely N-dealkylation sites (tertiary alicyclic amines) is 1. The van der Waals surface area contributed by atoms with Gasteiger partial charge in [-0.05, 0) is 64.2 Å². The standard InChI is InChI=1S/C22H32N4O2/c1-17(2)28-21-9-6-7-19(15-21)16-24-22(27)26-12-5-4-8-20(26)10-13-25-14-11-23-18(25)3/h6-7,9,11,14-15,17,20H,4-5,8,10,12-13,16H2,1-3H3,(H,24,27)/t20-/m1/s1. The number of imidazole rings is 1. The van der Waals surface area contributed by atoms with Gasteiger partial charge in [0, 0.05) is 38.1 Å². The molecule has 2 aromatic rings. The van der Waals surface area contributed by atoms with Crippen molar-refractivity contribution in [2.45, 2.75) is 71.7 Å². The van der Waals surface area contributed by atoms with Crippen LogP contribution in [-0.4, -0.2) is 39.2 Å². The van der Waals surface area contributed by atoms with Crippen LogP contribution in [0.1, 0.15) is 50.9 Å². The molecule has 2 amide bonds. The molecule has 6 heteroatoms. The summed E-state index contributed by atoms with van der Waals surface area (Å²) in [6, 6.07) is 8.24. The lowest BCUT2D eigenvalue weighted by molar-refractivity contribution is 0.143. The van der Waals surface area contributed by atoms with Gasteiger partial charge in [-0.3, -0.25) is 0 Å². The second kappa shape index (κ2) is 9.62. The molecule has 0 saturated carbocycles. The van der Waals surface area contributed by atoms with Crippen LogP contribution in [-0.2, 0) is 13.1 Å². The number of hydrogen-bond acceptors (Lipinski definition) is 3. The highest BCUT2D eigenvalue weighted by atomic mass is 16.5. The van der Waals surface area contributed by atoms with Crippen LogP contribution in [0.25, 0.3) is 0 Å². The zero-order valence-electron chi connectivity index (χ0n) is 17.2. The lowest BCUT2D eigenvalue weighted by Gasteiger charge is -2.36. The molecular weight excluding hydrogens is 352 g/mol. The van der Waals surface area contributed by atoms with E-state index in [1.165, 1.54) is 6.42 Å². The largest absolute Gasteiger partial charge is 0.491 e. The van der Waals surface area contributed by atoms with Gasteiger partial charge < -0.3 is 19.5 Å². The maximum Gasteiger partial charge on any atom is 0.317 e. The quantitative estimate of drug-likeness (QED) is 0.781. The van der Waals surface area contributed by atoms with Crippen LogP contribution in [0.3, 0.4) is 0 Å². The van der Waals surface area contributed by atoms with Gasteiger partial charge >= 0.3 is 6.03 Å². The lowest BCUT2D eigenvalue weighted by Crippen LogP contribution is -2.48. The van der Waals surface area contributed by atoms with Crippen LogP contribution in [0.4, 0.5) is 4.79 Å². The Morgan fingerprint density at radius 2 is 2.21 bits per heavy atom. The Hall–Kier alpha value is -2.50. The number of nitrogens with one attached hydrogen (secondary N) is 1. The molecule has 0 radical (unpaired) electrons. The molecule has 1 aliphatic rings. The number of amides is 2. The van der Waals surface area contributed by atoms with Crippen molar-refractivity contribution in [1.82, 2.24) is 19.8 Å². The van der Waals surface area contributed by atoms with Crippen LogP contribution in [0, 0.1) is 6.92 Å². The number of carbonyl (C=O) groups excluding carboxylic acids is 1. The zero-order valence-corrected chi connectivity index (χ0v) is 17.2. The Morgan fingerprint density at radius 1 is 1.36 bits per heavy atom. The normalized spacial score (nSPS) is 17.0. The topological polar surface area (TPSA) is 59.4 Å². The fraction of sp³-hybridized carbons (Fsp3) is 0.545. The van der Waals surface area contributed by atoms with E-state index in [0.717, 1.165) is 49.5 Å². The minimum atomic E-state index is 0.0298. The number of aromatic nitrogens is 2. The van der Waals surface area contributed by atoms with Gasteiger partial charge in [0.2, 0.25) is 0 Å². The minimum absolute atomic E-state index is 0.0298. The van der Waals surface area contributed by atoms with Gasteiger partial charge in [-0.15, -0.1) is 0 Å². The zero-order chi connectivity index (χ0) is 19.9. The summed E-state index contributed by atoms with van der Waals surface area (Å²) >= 11 is 0. The third-order valence-electron chi connectivity index (χ3n) is 5.23. The first kappa shape index (κ1) is 20.2. The molecule has 3 rings (SSSR count). The summed E-state index contributed by atoms with van der Waals surface area (Å²) in [7, 11) is 0. The molecule has 1 saturated heterocycles. The highest BCUT2D eigenvalue weighted by molar-refractivity contribution is 5.74. The number of urea groups is 1. The Kier molecular flexibility index (Phi) is 6.95. The summed E-state index contributed by atoms with van der Waals surface area (Å²) in [6.07, 6.45) is 8.27. The fourth-order valence-electron chi connectivity index (χ4n) is 3.78. The Labute approximate surface area is 167 Å². The highest BCUT2D eigenvalue weighted by Crippen LogP contribution is 2.21. The highest BCUT2D eigenvalue weighted by Gasteiger charge is 2.26. The van der Waals surface area contributed by atoms with Crippen LogP contribution >= 0.6 is 0 Å². The Bertz CT molecular complexity index is 771. The Balaban J connectivity index is 1.55. The van der Waals surface area contributed by atoms with Crippen molar-refractivity contribution in [3.63, 3.8) is 0 Å². The van der Waals surface area contributed by atoms with Gasteiger partial charge in [0.15, 0.2) is 0 Å². The van der Waals surface area contributed by atoms with Crippen molar-refractivity contribution >= 4 is 6.03 Å². The van der Waals surface area contributed by atoms with E-state index in [2.05, 4.69) is 14.9 Å². The monoisotopic (exact) mass is 384 g/mol. The van der Waals surface area contributed by atoms with Gasteiger partial charge in [0.05, 0.1) is 6.10 Å². The van der Waals surface area contributed by atoms with E-state index in [1.54, 1.807) is 0 Å². The van der Waals surface area contributed by atoms with Crippen molar-refractivity contribution in [2.75, 3.05) is 6.54 Å². The average molecular weight is 385 g/mol. The van der Waals surface area contributed by atoms with Crippen LogP contribution in [0.2, 0.25) is 0 Å². The van der Waals surface area contributed by atoms with E-state index in [0.29, 0.717) is 6.54 Å². The molecule has 6 nitrogen and oxygen atoms in total. The average Bonchev–Trinajstić information content (AvgIpc) is 3.09. The molecule has 1 N–H and O–H groups in total. The first-order valence-electron chi connectivity index (χ1n) is 10.3. The molecule has 0 unspecified atom stereocenters. The summed E-state index contributed by atoms with van der Waals surface area (Å²) < 4.78 is 7.90. The molecule has 28 heavy (non-hydrogen) atoms. The van der Waals surface area contributed by atoms with Gasteiger partial charge in [0.25, 0.3) is 0 Å². The number of piperidine rings is 1. The summed E-state index contributed by atoms with van der Waals surface area (Å²) in [4.78, 5) is 19.1. The summed E-state index contributed by atoms with van der Waals surface area (Å²) in [5.74, 6) is 1.86. The van der Waals surface area contributed by atoms with Crippen molar-refractivity contribution in [3.8, 4) is 5.75 Å². The van der Waals surface area contributed by atoms with Crippen molar-refractivity contribution in [3.05, 3.63) is 48.0 Å². The van der Waals surface area contributed by atoms with Gasteiger partial charge in [-0.2, -0.15) is 0 Å². The number of carbonyl (C=O) groups is 1. The van der Waals surface area contributed by atoms with E-state index in [9.17, 15) is 4.79 Å². The van der Waals surface area contributed by atoms with E-state index < -0.39 is 0 Å². The maximum atomic E-state index is 12.8. The van der Waals surface area contributed by atoms with Crippen LogP contribution in [0.5, 0.6) is 5.75 Å². The van der Waals surface area contributed by atoms with Crippen molar-refractivity contribution in [1.29, 1.82) is 0 Å². The molecule has 152 valence electrons. The number of nitrogens with zero attached hydrogens (tertiary/aromatic N) is 3. The molecule has 0 aliphatic carbocycles.